The standard InChI is InChI=1S/C21H26BrNO3/c1-15-13-18(9-10-19(15)22)26-14-20(24)23-11-12-25-17-7-5-16(6-8-17)21(2,3)4/h5-10,13H,11-12,14H2,1-4H3,(H,23,24). The molecule has 1 N–H and O–H groups in total. The van der Waals surface area contributed by atoms with Crippen LogP contribution in [-0.4, -0.2) is 25.7 Å². The third-order valence-electron chi connectivity index (χ3n) is 3.91. The average Bonchev–Trinajstić information content (AvgIpc) is 2.59. The fourth-order valence-electron chi connectivity index (χ4n) is 2.32. The van der Waals surface area contributed by atoms with E-state index in [0.29, 0.717) is 18.9 Å². The molecule has 4 nitrogen and oxygen atoms in total. The molecule has 0 fully saturated rings. The zero-order valence-electron chi connectivity index (χ0n) is 15.8. The second-order valence-electron chi connectivity index (χ2n) is 7.17. The molecule has 5 heteroatoms. The molecule has 0 aliphatic rings. The van der Waals surface area contributed by atoms with Crippen LogP contribution in [0.1, 0.15) is 31.9 Å². The molecule has 2 aromatic carbocycles. The van der Waals surface area contributed by atoms with Crippen molar-refractivity contribution < 1.29 is 14.3 Å². The molecule has 2 rings (SSSR count). The first-order valence-electron chi connectivity index (χ1n) is 8.65. The van der Waals surface area contributed by atoms with Crippen LogP contribution in [-0.2, 0) is 10.2 Å². The van der Waals surface area contributed by atoms with Crippen LogP contribution in [0, 0.1) is 6.92 Å². The zero-order valence-corrected chi connectivity index (χ0v) is 17.4. The Labute approximate surface area is 164 Å². The third kappa shape index (κ3) is 6.37. The number of ether oxygens (including phenoxy) is 2. The molecule has 0 atom stereocenters. The molecular formula is C21H26BrNO3. The Bertz CT molecular complexity index is 736. The molecule has 26 heavy (non-hydrogen) atoms. The van der Waals surface area contributed by atoms with E-state index in [4.69, 9.17) is 9.47 Å². The Morgan fingerprint density at radius 3 is 2.31 bits per heavy atom. The van der Waals surface area contributed by atoms with Crippen molar-refractivity contribution in [2.24, 2.45) is 0 Å². The zero-order chi connectivity index (χ0) is 19.2. The Morgan fingerprint density at radius 2 is 1.69 bits per heavy atom. The van der Waals surface area contributed by atoms with Gasteiger partial charge in [0.1, 0.15) is 18.1 Å². The highest BCUT2D eigenvalue weighted by atomic mass is 79.9. The minimum atomic E-state index is -0.169. The number of hydrogen-bond acceptors (Lipinski definition) is 3. The monoisotopic (exact) mass is 419 g/mol. The van der Waals surface area contributed by atoms with Gasteiger partial charge in [-0.2, -0.15) is 0 Å². The van der Waals surface area contributed by atoms with Gasteiger partial charge in [0, 0.05) is 4.47 Å². The Morgan fingerprint density at radius 1 is 1.04 bits per heavy atom. The van der Waals surface area contributed by atoms with Gasteiger partial charge >= 0.3 is 0 Å². The van der Waals surface area contributed by atoms with E-state index in [1.165, 1.54) is 5.56 Å². The highest BCUT2D eigenvalue weighted by molar-refractivity contribution is 9.10. The smallest absolute Gasteiger partial charge is 0.258 e. The molecule has 0 radical (unpaired) electrons. The normalized spacial score (nSPS) is 11.1. The van der Waals surface area contributed by atoms with Crippen molar-refractivity contribution >= 4 is 21.8 Å². The molecule has 0 aromatic heterocycles. The number of carbonyl (C=O) groups excluding carboxylic acids is 1. The fraction of sp³-hybridized carbons (Fsp3) is 0.381. The van der Waals surface area contributed by atoms with Crippen LogP contribution in [0.25, 0.3) is 0 Å². The van der Waals surface area contributed by atoms with Crippen LogP contribution in [0.3, 0.4) is 0 Å². The maximum atomic E-state index is 11.8. The molecule has 0 saturated heterocycles. The van der Waals surface area contributed by atoms with Crippen LogP contribution in [0.4, 0.5) is 0 Å². The van der Waals surface area contributed by atoms with Gasteiger partial charge in [-0.3, -0.25) is 4.79 Å². The largest absolute Gasteiger partial charge is 0.492 e. The maximum Gasteiger partial charge on any atom is 0.258 e. The lowest BCUT2D eigenvalue weighted by molar-refractivity contribution is -0.123. The Balaban J connectivity index is 1.67. The van der Waals surface area contributed by atoms with Crippen molar-refractivity contribution in [3.05, 3.63) is 58.1 Å². The summed E-state index contributed by atoms with van der Waals surface area (Å²) in [5.41, 5.74) is 2.45. The molecule has 2 aromatic rings. The lowest BCUT2D eigenvalue weighted by Crippen LogP contribution is -2.32. The molecule has 0 saturated carbocycles. The first-order chi connectivity index (χ1) is 12.3. The summed E-state index contributed by atoms with van der Waals surface area (Å²) in [5.74, 6) is 1.31. The van der Waals surface area contributed by atoms with Crippen LogP contribution >= 0.6 is 15.9 Å². The Kier molecular flexibility index (Phi) is 7.09. The van der Waals surface area contributed by atoms with Crippen molar-refractivity contribution in [3.8, 4) is 11.5 Å². The number of carbonyl (C=O) groups is 1. The summed E-state index contributed by atoms with van der Waals surface area (Å²) in [4.78, 5) is 11.8. The summed E-state index contributed by atoms with van der Waals surface area (Å²) in [5, 5.41) is 2.79. The van der Waals surface area contributed by atoms with Gasteiger partial charge in [0.25, 0.3) is 5.91 Å². The molecule has 1 amide bonds. The highest BCUT2D eigenvalue weighted by Gasteiger charge is 2.12. The number of halogens is 1. The van der Waals surface area contributed by atoms with Crippen molar-refractivity contribution in [1.82, 2.24) is 5.32 Å². The lowest BCUT2D eigenvalue weighted by atomic mass is 9.87. The van der Waals surface area contributed by atoms with Crippen molar-refractivity contribution in [2.45, 2.75) is 33.1 Å². The van der Waals surface area contributed by atoms with E-state index >= 15 is 0 Å². The molecule has 0 heterocycles. The third-order valence-corrected chi connectivity index (χ3v) is 4.80. The summed E-state index contributed by atoms with van der Waals surface area (Å²) in [6.07, 6.45) is 0. The van der Waals surface area contributed by atoms with Gasteiger partial charge < -0.3 is 14.8 Å². The highest BCUT2D eigenvalue weighted by Crippen LogP contribution is 2.24. The number of aryl methyl sites for hydroxylation is 1. The summed E-state index contributed by atoms with van der Waals surface area (Å²) in [6, 6.07) is 13.7. The summed E-state index contributed by atoms with van der Waals surface area (Å²) >= 11 is 3.44. The number of rotatable bonds is 7. The minimum absolute atomic E-state index is 0.0125. The van der Waals surface area contributed by atoms with E-state index < -0.39 is 0 Å². The van der Waals surface area contributed by atoms with Gasteiger partial charge in [-0.25, -0.2) is 0 Å². The van der Waals surface area contributed by atoms with Crippen molar-refractivity contribution in [3.63, 3.8) is 0 Å². The van der Waals surface area contributed by atoms with E-state index in [2.05, 4.69) is 54.2 Å². The summed E-state index contributed by atoms with van der Waals surface area (Å²) < 4.78 is 12.2. The molecule has 0 bridgehead atoms. The number of amides is 1. The van der Waals surface area contributed by atoms with Gasteiger partial charge in [-0.05, 0) is 53.8 Å². The summed E-state index contributed by atoms with van der Waals surface area (Å²) in [7, 11) is 0. The van der Waals surface area contributed by atoms with Gasteiger partial charge in [0.05, 0.1) is 6.54 Å². The fourth-order valence-corrected chi connectivity index (χ4v) is 2.56. The summed E-state index contributed by atoms with van der Waals surface area (Å²) in [6.45, 7) is 9.34. The molecule has 0 spiro atoms. The molecular weight excluding hydrogens is 394 g/mol. The quantitative estimate of drug-likeness (QED) is 0.665. The van der Waals surface area contributed by atoms with Gasteiger partial charge in [-0.1, -0.05) is 48.8 Å². The topological polar surface area (TPSA) is 47.6 Å². The van der Waals surface area contributed by atoms with Crippen LogP contribution in [0.15, 0.2) is 46.9 Å². The molecule has 140 valence electrons. The van der Waals surface area contributed by atoms with E-state index in [0.717, 1.165) is 15.8 Å². The first-order valence-corrected chi connectivity index (χ1v) is 9.44. The Hall–Kier alpha value is -2.01. The van der Waals surface area contributed by atoms with E-state index in [1.54, 1.807) is 0 Å². The molecule has 0 aliphatic carbocycles. The van der Waals surface area contributed by atoms with E-state index in [-0.39, 0.29) is 17.9 Å². The predicted octanol–water partition coefficient (Wildman–Crippen LogP) is 4.63. The first kappa shape index (κ1) is 20.3. The van der Waals surface area contributed by atoms with Gasteiger partial charge in [0.2, 0.25) is 0 Å². The number of hydrogen-bond donors (Lipinski definition) is 1. The second-order valence-corrected chi connectivity index (χ2v) is 8.03. The predicted molar refractivity (Wildman–Crippen MR) is 108 cm³/mol. The van der Waals surface area contributed by atoms with Gasteiger partial charge in [-0.15, -0.1) is 0 Å². The van der Waals surface area contributed by atoms with Crippen LogP contribution in [0.5, 0.6) is 11.5 Å². The maximum absolute atomic E-state index is 11.8. The minimum Gasteiger partial charge on any atom is -0.492 e. The molecule has 0 aliphatic heterocycles. The van der Waals surface area contributed by atoms with E-state index in [1.807, 2.05) is 37.3 Å². The second kappa shape index (κ2) is 9.08. The van der Waals surface area contributed by atoms with E-state index in [9.17, 15) is 4.79 Å². The lowest BCUT2D eigenvalue weighted by Gasteiger charge is -2.19. The van der Waals surface area contributed by atoms with Crippen molar-refractivity contribution in [2.75, 3.05) is 19.8 Å². The number of nitrogens with one attached hydrogen (secondary N) is 1. The van der Waals surface area contributed by atoms with Gasteiger partial charge in [0.15, 0.2) is 6.61 Å². The number of benzene rings is 2. The van der Waals surface area contributed by atoms with Crippen LogP contribution < -0.4 is 14.8 Å². The molecule has 0 unspecified atom stereocenters. The van der Waals surface area contributed by atoms with Crippen molar-refractivity contribution in [1.29, 1.82) is 0 Å². The van der Waals surface area contributed by atoms with Crippen LogP contribution in [0.2, 0.25) is 0 Å². The average molecular weight is 420 g/mol. The SMILES string of the molecule is Cc1cc(OCC(=O)NCCOc2ccc(C(C)(C)C)cc2)ccc1Br.